The molecule has 242 valence electrons. The van der Waals surface area contributed by atoms with Crippen molar-refractivity contribution >= 4 is 40.5 Å². The first-order valence-corrected chi connectivity index (χ1v) is 15.5. The number of aliphatic carboxylic acids is 1. The van der Waals surface area contributed by atoms with Crippen molar-refractivity contribution in [3.05, 3.63) is 77.6 Å². The summed E-state index contributed by atoms with van der Waals surface area (Å²) in [6.07, 6.45) is 0.102. The standard InChI is InChI=1S/C32H38F3N5O4S/c1-22-18-27(12-13-30(22)44-20-31(41)42)45-21-29(36-2)28(38-37-24-6-4-23(5-7-24)32(33,34)35)19-39-14-16-40(17-15-39)25-8-10-26(43-3)11-9-25/h4-13,27,37H,14-21H2,1-3H3,(H,41,42)/b36-29-,38-28-. The molecule has 1 saturated heterocycles. The fourth-order valence-electron chi connectivity index (χ4n) is 4.92. The Balaban J connectivity index is 1.43. The maximum Gasteiger partial charge on any atom is 0.416 e. The van der Waals surface area contributed by atoms with E-state index in [2.05, 4.69) is 25.3 Å². The molecule has 0 bridgehead atoms. The Hall–Kier alpha value is -3.97. The van der Waals surface area contributed by atoms with E-state index in [0.717, 1.165) is 61.0 Å². The molecule has 2 aliphatic rings. The summed E-state index contributed by atoms with van der Waals surface area (Å²) >= 11 is 1.68. The third-order valence-electron chi connectivity index (χ3n) is 7.49. The number of hydrogen-bond acceptors (Lipinski definition) is 9. The molecular weight excluding hydrogens is 607 g/mol. The molecular formula is C32H38F3N5O4S. The molecule has 2 aromatic carbocycles. The molecule has 13 heteroatoms. The number of methoxy groups -OCH3 is 1. The van der Waals surface area contributed by atoms with Crippen LogP contribution in [0.4, 0.5) is 24.5 Å². The highest BCUT2D eigenvalue weighted by atomic mass is 32.2. The summed E-state index contributed by atoms with van der Waals surface area (Å²) in [5.74, 6) is 0.923. The zero-order valence-corrected chi connectivity index (χ0v) is 26.3. The number of anilines is 2. The lowest BCUT2D eigenvalue weighted by Gasteiger charge is -2.36. The van der Waals surface area contributed by atoms with Gasteiger partial charge in [-0.05, 0) is 73.5 Å². The van der Waals surface area contributed by atoms with Crippen LogP contribution in [0.2, 0.25) is 0 Å². The predicted molar refractivity (Wildman–Crippen MR) is 174 cm³/mol. The first-order valence-electron chi connectivity index (χ1n) is 14.5. The number of piperazine rings is 1. The van der Waals surface area contributed by atoms with Crippen LogP contribution in [-0.2, 0) is 15.7 Å². The molecule has 1 aliphatic carbocycles. The highest BCUT2D eigenvalue weighted by Gasteiger charge is 2.30. The normalized spacial score (nSPS) is 18.3. The lowest BCUT2D eigenvalue weighted by Crippen LogP contribution is -2.49. The van der Waals surface area contributed by atoms with Gasteiger partial charge in [0.15, 0.2) is 6.61 Å². The maximum absolute atomic E-state index is 13.1. The van der Waals surface area contributed by atoms with Crippen LogP contribution in [0.3, 0.4) is 0 Å². The number of nitrogens with zero attached hydrogens (tertiary/aromatic N) is 4. The molecule has 2 N–H and O–H groups in total. The Morgan fingerprint density at radius 3 is 2.33 bits per heavy atom. The number of alkyl halides is 3. The van der Waals surface area contributed by atoms with Gasteiger partial charge >= 0.3 is 12.1 Å². The number of hydrazone groups is 1. The van der Waals surface area contributed by atoms with Gasteiger partial charge in [-0.2, -0.15) is 18.3 Å². The van der Waals surface area contributed by atoms with Crippen molar-refractivity contribution in [2.45, 2.75) is 24.8 Å². The van der Waals surface area contributed by atoms with Gasteiger partial charge in [-0.25, -0.2) is 4.79 Å². The number of benzene rings is 2. The molecule has 9 nitrogen and oxygen atoms in total. The number of halogens is 3. The highest BCUT2D eigenvalue weighted by Crippen LogP contribution is 2.30. The van der Waals surface area contributed by atoms with E-state index in [4.69, 9.17) is 14.6 Å². The lowest BCUT2D eigenvalue weighted by molar-refractivity contribution is -0.140. The van der Waals surface area contributed by atoms with Crippen LogP contribution in [-0.4, -0.2) is 91.9 Å². The number of carboxylic acids is 1. The summed E-state index contributed by atoms with van der Waals surface area (Å²) in [5, 5.41) is 13.7. The van der Waals surface area contributed by atoms with Crippen LogP contribution in [0.15, 0.2) is 82.1 Å². The Kier molecular flexibility index (Phi) is 11.9. The Bertz CT molecular complexity index is 1420. The van der Waals surface area contributed by atoms with Crippen LogP contribution in [0.25, 0.3) is 0 Å². The van der Waals surface area contributed by atoms with Gasteiger partial charge in [0, 0.05) is 56.5 Å². The fourth-order valence-corrected chi connectivity index (χ4v) is 6.15. The molecule has 1 fully saturated rings. The fraction of sp³-hybridized carbons (Fsp3) is 0.406. The van der Waals surface area contributed by atoms with Crippen LogP contribution >= 0.6 is 11.8 Å². The Morgan fingerprint density at radius 1 is 1.07 bits per heavy atom. The summed E-state index contributed by atoms with van der Waals surface area (Å²) in [7, 11) is 3.36. The van der Waals surface area contributed by atoms with Crippen molar-refractivity contribution in [2.24, 2.45) is 10.1 Å². The highest BCUT2D eigenvalue weighted by molar-refractivity contribution is 8.00. The topological polar surface area (TPSA) is 99.0 Å². The van der Waals surface area contributed by atoms with E-state index in [1.807, 2.05) is 43.3 Å². The summed E-state index contributed by atoms with van der Waals surface area (Å²) in [6, 6.07) is 12.8. The zero-order chi connectivity index (χ0) is 32.4. The quantitative estimate of drug-likeness (QED) is 0.208. The average Bonchev–Trinajstić information content (AvgIpc) is 3.03. The number of ether oxygens (including phenoxy) is 2. The van der Waals surface area contributed by atoms with Crippen LogP contribution in [0.1, 0.15) is 18.9 Å². The largest absolute Gasteiger partial charge is 0.497 e. The summed E-state index contributed by atoms with van der Waals surface area (Å²) < 4.78 is 49.8. The maximum atomic E-state index is 13.1. The van der Waals surface area contributed by atoms with Crippen molar-refractivity contribution in [3.8, 4) is 5.75 Å². The Morgan fingerprint density at radius 2 is 1.76 bits per heavy atom. The lowest BCUT2D eigenvalue weighted by atomic mass is 10.1. The molecule has 0 radical (unpaired) electrons. The molecule has 1 atom stereocenters. The van der Waals surface area contributed by atoms with Crippen molar-refractivity contribution in [2.75, 3.05) is 69.6 Å². The number of hydrogen-bond donors (Lipinski definition) is 2. The molecule has 0 saturated carbocycles. The summed E-state index contributed by atoms with van der Waals surface area (Å²) in [4.78, 5) is 20.0. The second-order valence-electron chi connectivity index (χ2n) is 10.6. The number of carboxylic acid groups (broad SMARTS) is 1. The van der Waals surface area contributed by atoms with Gasteiger partial charge in [0.25, 0.3) is 0 Å². The van der Waals surface area contributed by atoms with Gasteiger partial charge in [-0.3, -0.25) is 15.3 Å². The van der Waals surface area contributed by atoms with E-state index in [1.54, 1.807) is 25.9 Å². The molecule has 1 aliphatic heterocycles. The number of allylic oxidation sites excluding steroid dienone is 2. The molecule has 1 heterocycles. The second kappa shape index (κ2) is 15.8. The van der Waals surface area contributed by atoms with E-state index < -0.39 is 17.7 Å². The first kappa shape index (κ1) is 33.9. The van der Waals surface area contributed by atoms with Gasteiger partial charge in [0.1, 0.15) is 11.5 Å². The van der Waals surface area contributed by atoms with Crippen molar-refractivity contribution in [1.29, 1.82) is 0 Å². The third kappa shape index (κ3) is 10.0. The van der Waals surface area contributed by atoms with Crippen LogP contribution < -0.4 is 15.1 Å². The van der Waals surface area contributed by atoms with Crippen LogP contribution in [0, 0.1) is 0 Å². The molecule has 0 spiro atoms. The summed E-state index contributed by atoms with van der Waals surface area (Å²) in [5.41, 5.74) is 6.25. The number of carbonyl (C=O) groups is 1. The van der Waals surface area contributed by atoms with Crippen molar-refractivity contribution in [1.82, 2.24) is 4.90 Å². The van der Waals surface area contributed by atoms with Crippen molar-refractivity contribution < 1.29 is 32.5 Å². The summed E-state index contributed by atoms with van der Waals surface area (Å²) in [6.45, 7) is 5.29. The molecule has 2 aromatic rings. The molecule has 0 aromatic heterocycles. The molecule has 0 amide bonds. The predicted octanol–water partition coefficient (Wildman–Crippen LogP) is 5.81. The third-order valence-corrected chi connectivity index (χ3v) is 8.69. The minimum absolute atomic E-state index is 0.135. The first-order chi connectivity index (χ1) is 21.5. The van der Waals surface area contributed by atoms with E-state index in [-0.39, 0.29) is 11.9 Å². The van der Waals surface area contributed by atoms with E-state index in [1.165, 1.54) is 12.1 Å². The van der Waals surface area contributed by atoms with Gasteiger partial charge in [-0.1, -0.05) is 6.08 Å². The minimum Gasteiger partial charge on any atom is -0.497 e. The van der Waals surface area contributed by atoms with Gasteiger partial charge in [-0.15, -0.1) is 11.8 Å². The van der Waals surface area contributed by atoms with E-state index in [0.29, 0.717) is 35.9 Å². The SMILES string of the molecule is C/N=C(CSC1C=CC(OCC(=O)O)=C(C)C1)\C(CN1CCN(c2ccc(OC)cc2)CC1)=N/Nc1ccc(C(F)(F)F)cc1. The minimum atomic E-state index is -4.41. The van der Waals surface area contributed by atoms with Gasteiger partial charge in [0.2, 0.25) is 0 Å². The smallest absolute Gasteiger partial charge is 0.416 e. The van der Waals surface area contributed by atoms with Gasteiger partial charge < -0.3 is 19.5 Å². The molecule has 45 heavy (non-hydrogen) atoms. The molecule has 4 rings (SSSR count). The van der Waals surface area contributed by atoms with E-state index in [9.17, 15) is 18.0 Å². The second-order valence-corrected chi connectivity index (χ2v) is 11.8. The number of thioether (sulfide) groups is 1. The number of nitrogens with one attached hydrogen (secondary N) is 1. The number of aliphatic imine (C=N–C) groups is 1. The Labute approximate surface area is 265 Å². The molecule has 1 unspecified atom stereocenters. The zero-order valence-electron chi connectivity index (χ0n) is 25.5. The van der Waals surface area contributed by atoms with Gasteiger partial charge in [0.05, 0.1) is 29.8 Å². The van der Waals surface area contributed by atoms with E-state index >= 15 is 0 Å². The average molecular weight is 646 g/mol. The number of rotatable bonds is 13. The van der Waals surface area contributed by atoms with Crippen LogP contribution in [0.5, 0.6) is 5.75 Å². The monoisotopic (exact) mass is 645 g/mol. The van der Waals surface area contributed by atoms with Crippen molar-refractivity contribution in [3.63, 3.8) is 0 Å².